The van der Waals surface area contributed by atoms with Crippen molar-refractivity contribution < 1.29 is 0 Å². The maximum atomic E-state index is 5.58. The molecule has 0 aliphatic heterocycles. The van der Waals surface area contributed by atoms with E-state index in [1.807, 2.05) is 6.07 Å². The Labute approximate surface area is 106 Å². The molecule has 1 atom stereocenters. The van der Waals surface area contributed by atoms with Gasteiger partial charge in [0.1, 0.15) is 5.82 Å². The standard InChI is InChI=1S/C14H16N4/c15-14-16-8-7-13(18-14)17-12-6-5-10-3-1-2-4-11(10)9-12/h1-4,7-8,12H,5-6,9H2,(H3,15,16,17,18). The second-order valence-electron chi connectivity index (χ2n) is 4.65. The molecule has 4 heteroatoms. The quantitative estimate of drug-likeness (QED) is 0.843. The van der Waals surface area contributed by atoms with Gasteiger partial charge in [-0.15, -0.1) is 0 Å². The number of benzene rings is 1. The summed E-state index contributed by atoms with van der Waals surface area (Å²) < 4.78 is 0. The van der Waals surface area contributed by atoms with Crippen LogP contribution in [-0.2, 0) is 12.8 Å². The summed E-state index contributed by atoms with van der Waals surface area (Å²) in [6.07, 6.45) is 4.97. The number of fused-ring (bicyclic) bond motifs is 1. The van der Waals surface area contributed by atoms with Gasteiger partial charge in [0.25, 0.3) is 0 Å². The normalized spacial score (nSPS) is 18.1. The highest BCUT2D eigenvalue weighted by Crippen LogP contribution is 2.23. The summed E-state index contributed by atoms with van der Waals surface area (Å²) in [5.41, 5.74) is 8.48. The molecule has 1 aromatic heterocycles. The third kappa shape index (κ3) is 2.27. The zero-order valence-corrected chi connectivity index (χ0v) is 10.1. The molecule has 0 saturated carbocycles. The van der Waals surface area contributed by atoms with Crippen molar-refractivity contribution in [3.8, 4) is 0 Å². The zero-order valence-electron chi connectivity index (χ0n) is 10.1. The highest BCUT2D eigenvalue weighted by atomic mass is 15.1. The van der Waals surface area contributed by atoms with E-state index in [4.69, 9.17) is 5.73 Å². The Morgan fingerprint density at radius 1 is 1.17 bits per heavy atom. The lowest BCUT2D eigenvalue weighted by atomic mass is 9.88. The summed E-state index contributed by atoms with van der Waals surface area (Å²) in [5, 5.41) is 3.43. The molecule has 1 heterocycles. The summed E-state index contributed by atoms with van der Waals surface area (Å²) in [5.74, 6) is 1.13. The maximum Gasteiger partial charge on any atom is 0.221 e. The zero-order chi connectivity index (χ0) is 12.4. The molecule has 4 nitrogen and oxygen atoms in total. The van der Waals surface area contributed by atoms with Crippen molar-refractivity contribution in [2.75, 3.05) is 11.1 Å². The lowest BCUT2D eigenvalue weighted by Crippen LogP contribution is -2.27. The smallest absolute Gasteiger partial charge is 0.221 e. The van der Waals surface area contributed by atoms with E-state index in [2.05, 4.69) is 39.6 Å². The second-order valence-corrected chi connectivity index (χ2v) is 4.65. The molecule has 3 N–H and O–H groups in total. The molecule has 1 aliphatic carbocycles. The first-order valence-corrected chi connectivity index (χ1v) is 6.23. The first-order valence-electron chi connectivity index (χ1n) is 6.23. The van der Waals surface area contributed by atoms with Crippen molar-refractivity contribution in [1.29, 1.82) is 0 Å². The van der Waals surface area contributed by atoms with Crippen LogP contribution in [-0.4, -0.2) is 16.0 Å². The van der Waals surface area contributed by atoms with Crippen molar-refractivity contribution in [3.63, 3.8) is 0 Å². The first kappa shape index (κ1) is 11.0. The average molecular weight is 240 g/mol. The Balaban J connectivity index is 1.73. The molecule has 1 aliphatic rings. The summed E-state index contributed by atoms with van der Waals surface area (Å²) in [4.78, 5) is 8.07. The Kier molecular flexibility index (Phi) is 2.84. The lowest BCUT2D eigenvalue weighted by Gasteiger charge is -2.25. The SMILES string of the molecule is Nc1nccc(NC2CCc3ccccc3C2)n1. The third-order valence-corrected chi connectivity index (χ3v) is 3.37. The van der Waals surface area contributed by atoms with E-state index in [1.165, 1.54) is 11.1 Å². The summed E-state index contributed by atoms with van der Waals surface area (Å²) in [6, 6.07) is 10.9. The van der Waals surface area contributed by atoms with E-state index in [1.54, 1.807) is 6.20 Å². The Morgan fingerprint density at radius 3 is 2.83 bits per heavy atom. The molecule has 0 saturated heterocycles. The van der Waals surface area contributed by atoms with Gasteiger partial charge in [-0.1, -0.05) is 24.3 Å². The molecule has 1 aromatic carbocycles. The molecule has 18 heavy (non-hydrogen) atoms. The van der Waals surface area contributed by atoms with Gasteiger partial charge in [0, 0.05) is 12.2 Å². The minimum atomic E-state index is 0.316. The number of hydrogen-bond acceptors (Lipinski definition) is 4. The van der Waals surface area contributed by atoms with Gasteiger partial charge < -0.3 is 11.1 Å². The predicted octanol–water partition coefficient (Wildman–Crippen LogP) is 2.03. The highest BCUT2D eigenvalue weighted by molar-refractivity contribution is 5.40. The number of aryl methyl sites for hydroxylation is 1. The molecule has 0 spiro atoms. The van der Waals surface area contributed by atoms with Crippen LogP contribution < -0.4 is 11.1 Å². The van der Waals surface area contributed by atoms with Crippen LogP contribution in [0.5, 0.6) is 0 Å². The molecule has 92 valence electrons. The molecular formula is C14H16N4. The van der Waals surface area contributed by atoms with Crippen molar-refractivity contribution in [2.24, 2.45) is 0 Å². The fourth-order valence-electron chi connectivity index (χ4n) is 2.48. The highest BCUT2D eigenvalue weighted by Gasteiger charge is 2.18. The Bertz CT molecular complexity index is 553. The summed E-state index contributed by atoms with van der Waals surface area (Å²) >= 11 is 0. The van der Waals surface area contributed by atoms with Gasteiger partial charge in [-0.3, -0.25) is 0 Å². The number of nitrogen functional groups attached to an aromatic ring is 1. The van der Waals surface area contributed by atoms with Crippen molar-refractivity contribution in [3.05, 3.63) is 47.7 Å². The number of anilines is 2. The predicted molar refractivity (Wildman–Crippen MR) is 72.3 cm³/mol. The second kappa shape index (κ2) is 4.64. The van der Waals surface area contributed by atoms with Gasteiger partial charge in [-0.2, -0.15) is 4.98 Å². The van der Waals surface area contributed by atoms with E-state index in [0.717, 1.165) is 25.1 Å². The van der Waals surface area contributed by atoms with Gasteiger partial charge in [-0.05, 0) is 36.5 Å². The van der Waals surface area contributed by atoms with E-state index in [-0.39, 0.29) is 0 Å². The molecule has 0 bridgehead atoms. The average Bonchev–Trinajstić information content (AvgIpc) is 2.39. The van der Waals surface area contributed by atoms with Crippen LogP contribution in [0, 0.1) is 0 Å². The van der Waals surface area contributed by atoms with Gasteiger partial charge in [0.2, 0.25) is 5.95 Å². The van der Waals surface area contributed by atoms with Crippen LogP contribution >= 0.6 is 0 Å². The number of nitrogens with zero attached hydrogens (tertiary/aromatic N) is 2. The van der Waals surface area contributed by atoms with Crippen molar-refractivity contribution in [2.45, 2.75) is 25.3 Å². The summed E-state index contributed by atoms with van der Waals surface area (Å²) in [6.45, 7) is 0. The van der Waals surface area contributed by atoms with Crippen LogP contribution in [0.3, 0.4) is 0 Å². The molecule has 1 unspecified atom stereocenters. The molecular weight excluding hydrogens is 224 g/mol. The van der Waals surface area contributed by atoms with Crippen LogP contribution in [0.4, 0.5) is 11.8 Å². The third-order valence-electron chi connectivity index (χ3n) is 3.37. The largest absolute Gasteiger partial charge is 0.368 e. The fourth-order valence-corrected chi connectivity index (χ4v) is 2.48. The Hall–Kier alpha value is -2.10. The molecule has 0 fully saturated rings. The lowest BCUT2D eigenvalue weighted by molar-refractivity contribution is 0.609. The molecule has 0 amide bonds. The topological polar surface area (TPSA) is 63.8 Å². The van der Waals surface area contributed by atoms with Gasteiger partial charge in [0.15, 0.2) is 0 Å². The summed E-state index contributed by atoms with van der Waals surface area (Å²) in [7, 11) is 0. The van der Waals surface area contributed by atoms with E-state index >= 15 is 0 Å². The fraction of sp³-hybridized carbons (Fsp3) is 0.286. The number of nitrogens with one attached hydrogen (secondary N) is 1. The minimum absolute atomic E-state index is 0.316. The van der Waals surface area contributed by atoms with E-state index in [0.29, 0.717) is 12.0 Å². The number of rotatable bonds is 2. The monoisotopic (exact) mass is 240 g/mol. The van der Waals surface area contributed by atoms with Crippen LogP contribution in [0.2, 0.25) is 0 Å². The van der Waals surface area contributed by atoms with E-state index < -0.39 is 0 Å². The maximum absolute atomic E-state index is 5.58. The van der Waals surface area contributed by atoms with Crippen LogP contribution in [0.1, 0.15) is 17.5 Å². The Morgan fingerprint density at radius 2 is 2.00 bits per heavy atom. The molecule has 2 aromatic rings. The number of aromatic nitrogens is 2. The van der Waals surface area contributed by atoms with Crippen LogP contribution in [0.15, 0.2) is 36.5 Å². The minimum Gasteiger partial charge on any atom is -0.368 e. The van der Waals surface area contributed by atoms with Gasteiger partial charge in [0.05, 0.1) is 0 Å². The number of nitrogens with two attached hydrogens (primary N) is 1. The van der Waals surface area contributed by atoms with E-state index in [9.17, 15) is 0 Å². The first-order chi connectivity index (χ1) is 8.81. The van der Waals surface area contributed by atoms with Gasteiger partial charge in [-0.25, -0.2) is 4.98 Å². The number of hydrogen-bond donors (Lipinski definition) is 2. The molecule has 3 rings (SSSR count). The van der Waals surface area contributed by atoms with Crippen molar-refractivity contribution >= 4 is 11.8 Å². The van der Waals surface area contributed by atoms with Crippen molar-refractivity contribution in [1.82, 2.24) is 9.97 Å². The molecule has 0 radical (unpaired) electrons. The van der Waals surface area contributed by atoms with Crippen LogP contribution in [0.25, 0.3) is 0 Å². The van der Waals surface area contributed by atoms with Gasteiger partial charge >= 0.3 is 0 Å².